The van der Waals surface area contributed by atoms with Crippen molar-refractivity contribution in [2.24, 2.45) is 0 Å². The summed E-state index contributed by atoms with van der Waals surface area (Å²) in [6.45, 7) is 1.36. The lowest BCUT2D eigenvalue weighted by Crippen LogP contribution is -2.33. The molecule has 3 aromatic carbocycles. The van der Waals surface area contributed by atoms with E-state index in [0.29, 0.717) is 30.4 Å². The fourth-order valence-electron chi connectivity index (χ4n) is 4.16. The van der Waals surface area contributed by atoms with E-state index in [0.717, 1.165) is 28.8 Å². The van der Waals surface area contributed by atoms with Crippen molar-refractivity contribution in [2.45, 2.75) is 19.1 Å². The third-order valence-corrected chi connectivity index (χ3v) is 5.94. The predicted octanol–water partition coefficient (Wildman–Crippen LogP) is 3.79. The van der Waals surface area contributed by atoms with Gasteiger partial charge in [0, 0.05) is 18.2 Å². The molecule has 0 amide bonds. The summed E-state index contributed by atoms with van der Waals surface area (Å²) in [5.41, 5.74) is 3.23. The van der Waals surface area contributed by atoms with Crippen LogP contribution in [0.25, 0.3) is 22.6 Å². The van der Waals surface area contributed by atoms with Gasteiger partial charge < -0.3 is 24.5 Å². The highest BCUT2D eigenvalue weighted by Crippen LogP contribution is 2.28. The van der Waals surface area contributed by atoms with E-state index in [-0.39, 0.29) is 12.1 Å². The van der Waals surface area contributed by atoms with Crippen molar-refractivity contribution in [3.05, 3.63) is 101 Å². The molecule has 0 saturated heterocycles. The largest absolute Gasteiger partial charge is 0.493 e. The van der Waals surface area contributed by atoms with Crippen LogP contribution in [0.5, 0.6) is 11.5 Å². The molecule has 0 radical (unpaired) electrons. The van der Waals surface area contributed by atoms with Gasteiger partial charge in [-0.05, 0) is 36.2 Å². The Labute approximate surface area is 211 Å². The number of aromatic nitrogens is 2. The van der Waals surface area contributed by atoms with E-state index < -0.39 is 6.10 Å². The minimum atomic E-state index is -0.690. The van der Waals surface area contributed by atoms with Gasteiger partial charge in [-0.15, -0.1) is 0 Å². The number of hydrogen-bond acceptors (Lipinski definition) is 6. The number of nitrogens with zero attached hydrogens (tertiary/aromatic N) is 2. The summed E-state index contributed by atoms with van der Waals surface area (Å²) in [5, 5.41) is 14.3. The normalized spacial score (nSPS) is 11.8. The number of rotatable bonds is 11. The van der Waals surface area contributed by atoms with Crippen LogP contribution in [-0.4, -0.2) is 48.1 Å². The standard InChI is InChI=1S/C29H31N3O4/c1-35-26-14-13-21(17-27(26)36-2)15-16-30-19-24(33)20-32-25(22-9-5-3-6-10-22)18-28(34)31-29(32)23-11-7-4-8-12-23/h3-14,17-18,24,30,33H,15-16,19-20H2,1-2H3/t24-/m0/s1. The Morgan fingerprint density at radius 3 is 2.22 bits per heavy atom. The molecular weight excluding hydrogens is 454 g/mol. The molecule has 0 aliphatic heterocycles. The van der Waals surface area contributed by atoms with Gasteiger partial charge in [-0.2, -0.15) is 4.98 Å². The Morgan fingerprint density at radius 2 is 1.56 bits per heavy atom. The van der Waals surface area contributed by atoms with Gasteiger partial charge in [-0.1, -0.05) is 66.7 Å². The van der Waals surface area contributed by atoms with E-state index in [1.54, 1.807) is 14.2 Å². The first kappa shape index (κ1) is 25.2. The molecule has 0 saturated carbocycles. The Balaban J connectivity index is 1.49. The number of nitrogens with one attached hydrogen (secondary N) is 1. The molecule has 7 nitrogen and oxygen atoms in total. The Morgan fingerprint density at radius 1 is 0.889 bits per heavy atom. The topological polar surface area (TPSA) is 85.6 Å². The average molecular weight is 486 g/mol. The maximum absolute atomic E-state index is 12.5. The maximum atomic E-state index is 12.5. The molecular formula is C29H31N3O4. The zero-order valence-electron chi connectivity index (χ0n) is 20.6. The van der Waals surface area contributed by atoms with Gasteiger partial charge in [0.25, 0.3) is 5.56 Å². The van der Waals surface area contributed by atoms with Gasteiger partial charge in [0.2, 0.25) is 0 Å². The highest BCUT2D eigenvalue weighted by Gasteiger charge is 2.16. The summed E-state index contributed by atoms with van der Waals surface area (Å²) in [5.74, 6) is 1.93. The molecule has 0 spiro atoms. The second-order valence-corrected chi connectivity index (χ2v) is 8.44. The van der Waals surface area contributed by atoms with Crippen molar-refractivity contribution >= 4 is 0 Å². The average Bonchev–Trinajstić information content (AvgIpc) is 2.92. The van der Waals surface area contributed by atoms with Crippen LogP contribution in [0, 0.1) is 0 Å². The highest BCUT2D eigenvalue weighted by molar-refractivity contribution is 5.64. The van der Waals surface area contributed by atoms with E-state index in [4.69, 9.17) is 9.47 Å². The number of aliphatic hydroxyl groups excluding tert-OH is 1. The summed E-state index contributed by atoms with van der Waals surface area (Å²) in [6.07, 6.45) is 0.0848. The number of methoxy groups -OCH3 is 2. The molecule has 0 fully saturated rings. The predicted molar refractivity (Wildman–Crippen MR) is 141 cm³/mol. The number of aliphatic hydroxyl groups is 1. The molecule has 0 unspecified atom stereocenters. The van der Waals surface area contributed by atoms with Crippen LogP contribution >= 0.6 is 0 Å². The second kappa shape index (κ2) is 12.2. The molecule has 0 aliphatic carbocycles. The third kappa shape index (κ3) is 6.19. The Kier molecular flexibility index (Phi) is 8.49. The maximum Gasteiger partial charge on any atom is 0.273 e. The van der Waals surface area contributed by atoms with Crippen molar-refractivity contribution in [3.63, 3.8) is 0 Å². The molecule has 7 heteroatoms. The fourth-order valence-corrected chi connectivity index (χ4v) is 4.16. The van der Waals surface area contributed by atoms with Crippen molar-refractivity contribution in [3.8, 4) is 34.1 Å². The lowest BCUT2D eigenvalue weighted by molar-refractivity contribution is 0.152. The monoisotopic (exact) mass is 485 g/mol. The van der Waals surface area contributed by atoms with Crippen molar-refractivity contribution in [1.82, 2.24) is 14.9 Å². The molecule has 0 bridgehead atoms. The molecule has 4 aromatic rings. The summed E-state index contributed by atoms with van der Waals surface area (Å²) in [7, 11) is 3.24. The second-order valence-electron chi connectivity index (χ2n) is 8.44. The van der Waals surface area contributed by atoms with Gasteiger partial charge in [-0.3, -0.25) is 4.79 Å². The van der Waals surface area contributed by atoms with E-state index in [1.165, 1.54) is 6.07 Å². The van der Waals surface area contributed by atoms with Gasteiger partial charge in [0.05, 0.1) is 32.6 Å². The Hall–Kier alpha value is -3.94. The molecule has 4 rings (SSSR count). The van der Waals surface area contributed by atoms with Gasteiger partial charge in [0.15, 0.2) is 11.5 Å². The minimum Gasteiger partial charge on any atom is -0.493 e. The first-order valence-corrected chi connectivity index (χ1v) is 11.9. The lowest BCUT2D eigenvalue weighted by atomic mass is 10.1. The molecule has 1 heterocycles. The summed E-state index contributed by atoms with van der Waals surface area (Å²) in [6, 6.07) is 26.7. The zero-order chi connectivity index (χ0) is 25.3. The van der Waals surface area contributed by atoms with Gasteiger partial charge in [-0.25, -0.2) is 0 Å². The first-order valence-electron chi connectivity index (χ1n) is 11.9. The van der Waals surface area contributed by atoms with Gasteiger partial charge in [0.1, 0.15) is 5.82 Å². The smallest absolute Gasteiger partial charge is 0.273 e. The van der Waals surface area contributed by atoms with Crippen molar-refractivity contribution in [2.75, 3.05) is 27.3 Å². The first-order chi connectivity index (χ1) is 17.6. The summed E-state index contributed by atoms with van der Waals surface area (Å²) in [4.78, 5) is 16.8. The fraction of sp³-hybridized carbons (Fsp3) is 0.241. The van der Waals surface area contributed by atoms with E-state index in [2.05, 4.69) is 10.3 Å². The molecule has 186 valence electrons. The van der Waals surface area contributed by atoms with Crippen LogP contribution in [0.15, 0.2) is 89.7 Å². The molecule has 1 aromatic heterocycles. The minimum absolute atomic E-state index is 0.283. The third-order valence-electron chi connectivity index (χ3n) is 5.94. The van der Waals surface area contributed by atoms with Crippen LogP contribution in [0.1, 0.15) is 5.56 Å². The van der Waals surface area contributed by atoms with E-state index >= 15 is 0 Å². The molecule has 0 aliphatic rings. The SMILES string of the molecule is COc1ccc(CCNC[C@H](O)Cn2c(-c3ccccc3)cc(=O)nc2-c2ccccc2)cc1OC. The van der Waals surface area contributed by atoms with Crippen LogP contribution in [0.3, 0.4) is 0 Å². The summed E-state index contributed by atoms with van der Waals surface area (Å²) >= 11 is 0. The summed E-state index contributed by atoms with van der Waals surface area (Å²) < 4.78 is 12.6. The lowest BCUT2D eigenvalue weighted by Gasteiger charge is -2.21. The van der Waals surface area contributed by atoms with Crippen LogP contribution in [0.4, 0.5) is 0 Å². The van der Waals surface area contributed by atoms with E-state index in [1.807, 2.05) is 83.4 Å². The van der Waals surface area contributed by atoms with E-state index in [9.17, 15) is 9.90 Å². The van der Waals surface area contributed by atoms with Crippen LogP contribution in [-0.2, 0) is 13.0 Å². The number of benzene rings is 3. The zero-order valence-corrected chi connectivity index (χ0v) is 20.6. The molecule has 1 atom stereocenters. The number of hydrogen-bond donors (Lipinski definition) is 2. The van der Waals surface area contributed by atoms with Gasteiger partial charge >= 0.3 is 0 Å². The van der Waals surface area contributed by atoms with Crippen LogP contribution < -0.4 is 20.3 Å². The van der Waals surface area contributed by atoms with Crippen LogP contribution in [0.2, 0.25) is 0 Å². The quantitative estimate of drug-likeness (QED) is 0.315. The van der Waals surface area contributed by atoms with Crippen molar-refractivity contribution in [1.29, 1.82) is 0 Å². The molecule has 36 heavy (non-hydrogen) atoms. The van der Waals surface area contributed by atoms with Crippen molar-refractivity contribution < 1.29 is 14.6 Å². The Bertz CT molecular complexity index is 1260. The number of ether oxygens (including phenoxy) is 2. The highest BCUT2D eigenvalue weighted by atomic mass is 16.5. The molecule has 2 N–H and O–H groups in total.